The van der Waals surface area contributed by atoms with E-state index in [-0.39, 0.29) is 0 Å². The SMILES string of the molecule is C/C=C/[CH]C(=O)O. The molecule has 0 heterocycles. The summed E-state index contributed by atoms with van der Waals surface area (Å²) in [6.45, 7) is 1.76. The second-order valence-electron chi connectivity index (χ2n) is 1.03. The summed E-state index contributed by atoms with van der Waals surface area (Å²) in [7, 11) is 0. The molecular weight excluding hydrogens is 92.1 g/mol. The zero-order chi connectivity index (χ0) is 5.70. The van der Waals surface area contributed by atoms with Crippen LogP contribution in [0.25, 0.3) is 0 Å². The average Bonchev–Trinajstić information content (AvgIpc) is 1.61. The minimum Gasteiger partial charge on any atom is -0.481 e. The topological polar surface area (TPSA) is 37.3 Å². The summed E-state index contributed by atoms with van der Waals surface area (Å²) >= 11 is 0. The van der Waals surface area contributed by atoms with Gasteiger partial charge in [-0.3, -0.25) is 4.79 Å². The fraction of sp³-hybridized carbons (Fsp3) is 0.200. The molecule has 39 valence electrons. The Hall–Kier alpha value is -0.790. The number of carbonyl (C=O) groups is 1. The maximum Gasteiger partial charge on any atom is 0.311 e. The van der Waals surface area contributed by atoms with Gasteiger partial charge in [0.05, 0.1) is 6.42 Å². The first-order valence-corrected chi connectivity index (χ1v) is 1.96. The van der Waals surface area contributed by atoms with Gasteiger partial charge in [-0.25, -0.2) is 0 Å². The molecule has 0 amide bonds. The van der Waals surface area contributed by atoms with Gasteiger partial charge in [0.1, 0.15) is 0 Å². The van der Waals surface area contributed by atoms with Gasteiger partial charge < -0.3 is 5.11 Å². The molecule has 0 rings (SSSR count). The standard InChI is InChI=1S/C5H7O2/c1-2-3-4-5(6)7/h2-4H,1H3,(H,6,7)/b3-2+. The maximum atomic E-state index is 9.65. The van der Waals surface area contributed by atoms with Crippen LogP contribution in [-0.4, -0.2) is 11.1 Å². The number of carboxylic acids is 1. The van der Waals surface area contributed by atoms with Crippen molar-refractivity contribution in [3.8, 4) is 0 Å². The Bertz CT molecular complexity index is 84.1. The molecule has 0 fully saturated rings. The monoisotopic (exact) mass is 99.0 g/mol. The van der Waals surface area contributed by atoms with Crippen LogP contribution in [0, 0.1) is 6.42 Å². The Balaban J connectivity index is 3.14. The fourth-order valence-corrected chi connectivity index (χ4v) is 0.179. The third-order valence-electron chi connectivity index (χ3n) is 0.431. The van der Waals surface area contributed by atoms with Gasteiger partial charge in [-0.05, 0) is 6.92 Å². The van der Waals surface area contributed by atoms with E-state index in [2.05, 4.69) is 0 Å². The summed E-state index contributed by atoms with van der Waals surface area (Å²) in [5.74, 6) is -0.905. The van der Waals surface area contributed by atoms with Crippen LogP contribution in [-0.2, 0) is 4.79 Å². The van der Waals surface area contributed by atoms with E-state index in [0.717, 1.165) is 6.42 Å². The van der Waals surface area contributed by atoms with Crippen molar-refractivity contribution in [2.24, 2.45) is 0 Å². The zero-order valence-electron chi connectivity index (χ0n) is 4.09. The lowest BCUT2D eigenvalue weighted by Crippen LogP contribution is -1.90. The molecule has 0 saturated carbocycles. The van der Waals surface area contributed by atoms with Crippen LogP contribution < -0.4 is 0 Å². The predicted molar refractivity (Wildman–Crippen MR) is 26.7 cm³/mol. The summed E-state index contributed by atoms with van der Waals surface area (Å²) in [6.07, 6.45) is 4.22. The van der Waals surface area contributed by atoms with Gasteiger partial charge in [0.15, 0.2) is 0 Å². The molecule has 0 aromatic rings. The first kappa shape index (κ1) is 6.21. The van der Waals surface area contributed by atoms with E-state index in [1.807, 2.05) is 0 Å². The smallest absolute Gasteiger partial charge is 0.311 e. The third-order valence-corrected chi connectivity index (χ3v) is 0.431. The van der Waals surface area contributed by atoms with Gasteiger partial charge in [0.25, 0.3) is 0 Å². The molecule has 1 N–H and O–H groups in total. The Kier molecular flexibility index (Phi) is 3.02. The van der Waals surface area contributed by atoms with Crippen molar-refractivity contribution in [1.82, 2.24) is 0 Å². The van der Waals surface area contributed by atoms with Crippen LogP contribution in [0.2, 0.25) is 0 Å². The van der Waals surface area contributed by atoms with Crippen LogP contribution in [0.5, 0.6) is 0 Å². The molecule has 0 bridgehead atoms. The van der Waals surface area contributed by atoms with Crippen LogP contribution in [0.15, 0.2) is 12.2 Å². The molecule has 0 unspecified atom stereocenters. The molecule has 2 nitrogen and oxygen atoms in total. The Morgan fingerprint density at radius 2 is 2.29 bits per heavy atom. The lowest BCUT2D eigenvalue weighted by atomic mass is 10.4. The van der Waals surface area contributed by atoms with E-state index in [4.69, 9.17) is 5.11 Å². The quantitative estimate of drug-likeness (QED) is 0.557. The molecule has 2 heteroatoms. The molecule has 0 spiro atoms. The van der Waals surface area contributed by atoms with E-state index >= 15 is 0 Å². The van der Waals surface area contributed by atoms with Crippen LogP contribution in [0.4, 0.5) is 0 Å². The second kappa shape index (κ2) is 3.40. The highest BCUT2D eigenvalue weighted by Gasteiger charge is 1.86. The highest BCUT2D eigenvalue weighted by atomic mass is 16.4. The minimum atomic E-state index is -0.905. The van der Waals surface area contributed by atoms with Crippen LogP contribution in [0.3, 0.4) is 0 Å². The van der Waals surface area contributed by atoms with Gasteiger partial charge >= 0.3 is 5.97 Å². The van der Waals surface area contributed by atoms with Crippen molar-refractivity contribution in [2.45, 2.75) is 6.92 Å². The van der Waals surface area contributed by atoms with Crippen molar-refractivity contribution in [1.29, 1.82) is 0 Å². The molecule has 0 aliphatic carbocycles. The lowest BCUT2D eigenvalue weighted by Gasteiger charge is -1.76. The van der Waals surface area contributed by atoms with Crippen molar-refractivity contribution >= 4 is 5.97 Å². The Morgan fingerprint density at radius 3 is 2.43 bits per heavy atom. The minimum absolute atomic E-state index is 0.905. The molecule has 7 heavy (non-hydrogen) atoms. The lowest BCUT2D eigenvalue weighted by molar-refractivity contribution is -0.132. The summed E-state index contributed by atoms with van der Waals surface area (Å²) in [5, 5.41) is 7.94. The van der Waals surface area contributed by atoms with E-state index < -0.39 is 5.97 Å². The van der Waals surface area contributed by atoms with E-state index in [1.54, 1.807) is 13.0 Å². The fourth-order valence-electron chi connectivity index (χ4n) is 0.179. The highest BCUT2D eigenvalue weighted by Crippen LogP contribution is 1.77. The summed E-state index contributed by atoms with van der Waals surface area (Å²) in [4.78, 5) is 9.65. The van der Waals surface area contributed by atoms with Crippen LogP contribution in [0.1, 0.15) is 6.92 Å². The number of hydrogen-bond acceptors (Lipinski definition) is 1. The second-order valence-corrected chi connectivity index (χ2v) is 1.03. The number of carboxylic acid groups (broad SMARTS) is 1. The first-order valence-electron chi connectivity index (χ1n) is 1.96. The zero-order valence-corrected chi connectivity index (χ0v) is 4.09. The van der Waals surface area contributed by atoms with Gasteiger partial charge in [-0.2, -0.15) is 0 Å². The molecule has 0 aliphatic heterocycles. The van der Waals surface area contributed by atoms with E-state index in [0.29, 0.717) is 0 Å². The average molecular weight is 99.1 g/mol. The number of rotatable bonds is 2. The van der Waals surface area contributed by atoms with E-state index in [9.17, 15) is 4.79 Å². The van der Waals surface area contributed by atoms with Gasteiger partial charge in [0, 0.05) is 0 Å². The largest absolute Gasteiger partial charge is 0.481 e. The molecule has 0 aliphatic rings. The molecular formula is C5H7O2. The highest BCUT2D eigenvalue weighted by molar-refractivity contribution is 5.79. The molecule has 0 atom stereocenters. The van der Waals surface area contributed by atoms with Crippen molar-refractivity contribution in [3.05, 3.63) is 18.6 Å². The maximum absolute atomic E-state index is 9.65. The molecule has 1 radical (unpaired) electrons. The molecule has 0 aromatic carbocycles. The van der Waals surface area contributed by atoms with Crippen molar-refractivity contribution < 1.29 is 9.90 Å². The Morgan fingerprint density at radius 1 is 1.71 bits per heavy atom. The van der Waals surface area contributed by atoms with Gasteiger partial charge in [0.2, 0.25) is 0 Å². The number of hydrogen-bond donors (Lipinski definition) is 1. The van der Waals surface area contributed by atoms with Gasteiger partial charge in [-0.15, -0.1) is 0 Å². The summed E-state index contributed by atoms with van der Waals surface area (Å²) in [6, 6.07) is 0. The molecule has 0 saturated heterocycles. The van der Waals surface area contributed by atoms with E-state index in [1.165, 1.54) is 6.08 Å². The van der Waals surface area contributed by atoms with Crippen LogP contribution >= 0.6 is 0 Å². The summed E-state index contributed by atoms with van der Waals surface area (Å²) in [5.41, 5.74) is 0. The first-order chi connectivity index (χ1) is 3.27. The van der Waals surface area contributed by atoms with Crippen molar-refractivity contribution in [2.75, 3.05) is 0 Å². The number of aliphatic carboxylic acids is 1. The van der Waals surface area contributed by atoms with Gasteiger partial charge in [-0.1, -0.05) is 12.2 Å². The predicted octanol–water partition coefficient (Wildman–Crippen LogP) is 0.851. The summed E-state index contributed by atoms with van der Waals surface area (Å²) < 4.78 is 0. The Labute approximate surface area is 42.5 Å². The van der Waals surface area contributed by atoms with Crippen molar-refractivity contribution in [3.63, 3.8) is 0 Å². The normalized spacial score (nSPS) is 9.86. The molecule has 0 aromatic heterocycles. The third kappa shape index (κ3) is 5.21. The number of allylic oxidation sites excluding steroid dienone is 1.